The van der Waals surface area contributed by atoms with E-state index >= 15 is 0 Å². The number of sulfone groups is 1. The van der Waals surface area contributed by atoms with Crippen molar-refractivity contribution in [2.75, 3.05) is 11.1 Å². The summed E-state index contributed by atoms with van der Waals surface area (Å²) in [6, 6.07) is 6.79. The highest BCUT2D eigenvalue weighted by Gasteiger charge is 2.18. The van der Waals surface area contributed by atoms with Gasteiger partial charge < -0.3 is 5.32 Å². The summed E-state index contributed by atoms with van der Waals surface area (Å²) < 4.78 is 24.5. The van der Waals surface area contributed by atoms with Crippen LogP contribution in [0.1, 0.15) is 41.8 Å². The Bertz CT molecular complexity index is 831. The number of hydrogen-bond donors (Lipinski definition) is 1. The third-order valence-corrected chi connectivity index (χ3v) is 7.18. The molecule has 25 heavy (non-hydrogen) atoms. The van der Waals surface area contributed by atoms with Crippen LogP contribution in [0.3, 0.4) is 0 Å². The number of nitrogens with zero attached hydrogens (tertiary/aromatic N) is 1. The Hall–Kier alpha value is -1.73. The third-order valence-electron chi connectivity index (χ3n) is 4.29. The van der Waals surface area contributed by atoms with Crippen LogP contribution in [-0.4, -0.2) is 25.1 Å². The molecule has 2 aromatic rings. The number of aromatic nitrogens is 1. The van der Waals surface area contributed by atoms with E-state index in [4.69, 9.17) is 0 Å². The number of carbonyl (C=O) groups is 1. The van der Waals surface area contributed by atoms with Gasteiger partial charge in [-0.05, 0) is 51.2 Å². The second kappa shape index (κ2) is 7.66. The van der Waals surface area contributed by atoms with E-state index in [2.05, 4.69) is 10.3 Å². The van der Waals surface area contributed by atoms with E-state index in [9.17, 15) is 13.2 Å². The van der Waals surface area contributed by atoms with Crippen molar-refractivity contribution in [2.45, 2.75) is 50.3 Å². The van der Waals surface area contributed by atoms with Crippen molar-refractivity contribution >= 4 is 32.2 Å². The first-order valence-corrected chi connectivity index (χ1v) is 11.0. The highest BCUT2D eigenvalue weighted by Crippen LogP contribution is 2.29. The maximum absolute atomic E-state index is 12.3. The van der Waals surface area contributed by atoms with Gasteiger partial charge in [0.2, 0.25) is 5.91 Å². The highest BCUT2D eigenvalue weighted by atomic mass is 32.2. The van der Waals surface area contributed by atoms with E-state index in [-0.39, 0.29) is 18.1 Å². The monoisotopic (exact) mass is 378 g/mol. The van der Waals surface area contributed by atoms with Gasteiger partial charge in [-0.1, -0.05) is 17.7 Å². The van der Waals surface area contributed by atoms with E-state index < -0.39 is 9.84 Å². The van der Waals surface area contributed by atoms with Crippen molar-refractivity contribution in [3.63, 3.8) is 0 Å². The van der Waals surface area contributed by atoms with Crippen molar-refractivity contribution in [3.8, 4) is 0 Å². The summed E-state index contributed by atoms with van der Waals surface area (Å²) in [4.78, 5) is 18.1. The molecule has 1 aromatic heterocycles. The standard InChI is InChI=1S/C18H22N2O3S2/c1-13-8-10-14(11-9-13)25(22,23)12-4-7-17(21)20-18-19-15-5-2-3-6-16(15)24-18/h8-11H,2-7,12H2,1H3,(H,19,20,21). The van der Waals surface area contributed by atoms with Crippen molar-refractivity contribution in [3.05, 3.63) is 40.4 Å². The van der Waals surface area contributed by atoms with Crippen molar-refractivity contribution in [2.24, 2.45) is 0 Å². The molecule has 5 nitrogen and oxygen atoms in total. The second-order valence-electron chi connectivity index (χ2n) is 6.38. The molecule has 0 bridgehead atoms. The van der Waals surface area contributed by atoms with Crippen LogP contribution in [0, 0.1) is 6.92 Å². The van der Waals surface area contributed by atoms with E-state index in [1.54, 1.807) is 24.3 Å². The molecule has 1 aliphatic rings. The van der Waals surface area contributed by atoms with E-state index in [1.165, 1.54) is 22.6 Å². The first-order valence-electron chi connectivity index (χ1n) is 8.52. The molecule has 1 N–H and O–H groups in total. The Morgan fingerprint density at radius 3 is 2.64 bits per heavy atom. The van der Waals surface area contributed by atoms with Gasteiger partial charge in [0.1, 0.15) is 0 Å². The van der Waals surface area contributed by atoms with Crippen LogP contribution in [0.4, 0.5) is 5.13 Å². The average molecular weight is 379 g/mol. The normalized spacial score (nSPS) is 14.1. The minimum atomic E-state index is -3.34. The fourth-order valence-electron chi connectivity index (χ4n) is 2.87. The lowest BCUT2D eigenvalue weighted by atomic mass is 10.0. The van der Waals surface area contributed by atoms with Gasteiger partial charge in [0.15, 0.2) is 15.0 Å². The predicted octanol–water partition coefficient (Wildman–Crippen LogP) is 3.52. The number of hydrogen-bond acceptors (Lipinski definition) is 5. The molecule has 3 rings (SSSR count). The van der Waals surface area contributed by atoms with Gasteiger partial charge in [-0.2, -0.15) is 0 Å². The summed E-state index contributed by atoms with van der Waals surface area (Å²) in [5.41, 5.74) is 2.12. The highest BCUT2D eigenvalue weighted by molar-refractivity contribution is 7.91. The molecular weight excluding hydrogens is 356 g/mol. The Kier molecular flexibility index (Phi) is 5.54. The number of amides is 1. The topological polar surface area (TPSA) is 76.1 Å². The number of benzene rings is 1. The lowest BCUT2D eigenvalue weighted by molar-refractivity contribution is -0.116. The number of nitrogens with one attached hydrogen (secondary N) is 1. The van der Waals surface area contributed by atoms with E-state index in [0.29, 0.717) is 16.4 Å². The van der Waals surface area contributed by atoms with Crippen molar-refractivity contribution in [1.29, 1.82) is 0 Å². The number of aryl methyl sites for hydroxylation is 3. The molecule has 0 unspecified atom stereocenters. The number of rotatable bonds is 6. The molecule has 0 aliphatic heterocycles. The summed E-state index contributed by atoms with van der Waals surface area (Å²) in [6.07, 6.45) is 4.83. The molecule has 1 amide bonds. The van der Waals surface area contributed by atoms with Crippen LogP contribution in [-0.2, 0) is 27.5 Å². The number of fused-ring (bicyclic) bond motifs is 1. The van der Waals surface area contributed by atoms with Gasteiger partial charge >= 0.3 is 0 Å². The quantitative estimate of drug-likeness (QED) is 0.834. The number of thiazole rings is 1. The van der Waals surface area contributed by atoms with Gasteiger partial charge in [-0.3, -0.25) is 4.79 Å². The van der Waals surface area contributed by atoms with Gasteiger partial charge in [-0.25, -0.2) is 13.4 Å². The summed E-state index contributed by atoms with van der Waals surface area (Å²) in [7, 11) is -3.34. The molecule has 1 aromatic carbocycles. The third kappa shape index (κ3) is 4.67. The molecule has 0 fully saturated rings. The zero-order chi connectivity index (χ0) is 17.9. The number of carbonyl (C=O) groups excluding carboxylic acids is 1. The van der Waals surface area contributed by atoms with Crippen LogP contribution in [0.5, 0.6) is 0 Å². The molecule has 0 saturated heterocycles. The van der Waals surface area contributed by atoms with Gasteiger partial charge in [0.25, 0.3) is 0 Å². The molecule has 1 aliphatic carbocycles. The maximum Gasteiger partial charge on any atom is 0.226 e. The lowest BCUT2D eigenvalue weighted by Gasteiger charge is -2.06. The second-order valence-corrected chi connectivity index (χ2v) is 9.57. The first kappa shape index (κ1) is 18.1. The Labute approximate surface area is 152 Å². The molecule has 0 spiro atoms. The predicted molar refractivity (Wildman–Crippen MR) is 99.9 cm³/mol. The van der Waals surface area contributed by atoms with E-state index in [0.717, 1.165) is 30.5 Å². The van der Waals surface area contributed by atoms with Crippen LogP contribution >= 0.6 is 11.3 Å². The molecule has 0 atom stereocenters. The largest absolute Gasteiger partial charge is 0.302 e. The van der Waals surface area contributed by atoms with Crippen LogP contribution in [0.2, 0.25) is 0 Å². The summed E-state index contributed by atoms with van der Waals surface area (Å²) in [6.45, 7) is 1.91. The molecule has 0 radical (unpaired) electrons. The Morgan fingerprint density at radius 1 is 1.20 bits per heavy atom. The molecule has 1 heterocycles. The van der Waals surface area contributed by atoms with E-state index in [1.807, 2.05) is 6.92 Å². The molecule has 134 valence electrons. The SMILES string of the molecule is Cc1ccc(S(=O)(=O)CCCC(=O)Nc2nc3c(s2)CCCC3)cc1. The Morgan fingerprint density at radius 2 is 1.92 bits per heavy atom. The first-order chi connectivity index (χ1) is 11.9. The van der Waals surface area contributed by atoms with Gasteiger partial charge in [0, 0.05) is 11.3 Å². The molecule has 7 heteroatoms. The number of anilines is 1. The van der Waals surface area contributed by atoms with Crippen LogP contribution in [0.15, 0.2) is 29.2 Å². The minimum Gasteiger partial charge on any atom is -0.302 e. The zero-order valence-electron chi connectivity index (χ0n) is 14.2. The fraction of sp³-hybridized carbons (Fsp3) is 0.444. The van der Waals surface area contributed by atoms with Crippen molar-refractivity contribution < 1.29 is 13.2 Å². The van der Waals surface area contributed by atoms with Gasteiger partial charge in [-0.15, -0.1) is 11.3 Å². The van der Waals surface area contributed by atoms with Crippen LogP contribution < -0.4 is 5.32 Å². The summed E-state index contributed by atoms with van der Waals surface area (Å²) >= 11 is 1.54. The average Bonchev–Trinajstić information content (AvgIpc) is 2.97. The van der Waals surface area contributed by atoms with Crippen LogP contribution in [0.25, 0.3) is 0 Å². The molecule has 0 saturated carbocycles. The minimum absolute atomic E-state index is 0.0299. The maximum atomic E-state index is 12.3. The smallest absolute Gasteiger partial charge is 0.226 e. The lowest BCUT2D eigenvalue weighted by Crippen LogP contribution is -2.14. The van der Waals surface area contributed by atoms with Crippen molar-refractivity contribution in [1.82, 2.24) is 4.98 Å². The molecular formula is C18H22N2O3S2. The summed E-state index contributed by atoms with van der Waals surface area (Å²) in [5.74, 6) is -0.206. The summed E-state index contributed by atoms with van der Waals surface area (Å²) in [5, 5.41) is 3.44. The van der Waals surface area contributed by atoms with Gasteiger partial charge in [0.05, 0.1) is 16.3 Å². The zero-order valence-corrected chi connectivity index (χ0v) is 15.9. The fourth-order valence-corrected chi connectivity index (χ4v) is 5.25. The Balaban J connectivity index is 1.50.